The van der Waals surface area contributed by atoms with E-state index in [-0.39, 0.29) is 0 Å². The van der Waals surface area contributed by atoms with Gasteiger partial charge >= 0.3 is 0 Å². The molecule has 0 amide bonds. The third kappa shape index (κ3) is 4.22. The van der Waals surface area contributed by atoms with Crippen molar-refractivity contribution in [2.75, 3.05) is 5.32 Å². The summed E-state index contributed by atoms with van der Waals surface area (Å²) in [6.07, 6.45) is 0. The van der Waals surface area contributed by atoms with E-state index in [1.54, 1.807) is 0 Å². The summed E-state index contributed by atoms with van der Waals surface area (Å²) in [7, 11) is 0. The summed E-state index contributed by atoms with van der Waals surface area (Å²) in [5.41, 5.74) is 10.6. The van der Waals surface area contributed by atoms with E-state index in [2.05, 4.69) is 168 Å². The highest BCUT2D eigenvalue weighted by atomic mass is 15.0. The minimum Gasteiger partial charge on any atom is -0.355 e. The van der Waals surface area contributed by atoms with Crippen LogP contribution in [0.25, 0.3) is 60.5 Å². The van der Waals surface area contributed by atoms with Crippen molar-refractivity contribution in [3.05, 3.63) is 164 Å². The van der Waals surface area contributed by atoms with E-state index in [1.165, 1.54) is 60.5 Å². The summed E-state index contributed by atoms with van der Waals surface area (Å²) >= 11 is 0. The number of nitrogens with zero attached hydrogens (tertiary/aromatic N) is 1. The molecule has 0 saturated carbocycles. The van der Waals surface area contributed by atoms with Gasteiger partial charge in [0.05, 0.1) is 11.0 Å². The number of aromatic nitrogens is 1. The maximum absolute atomic E-state index is 3.59. The predicted molar refractivity (Wildman–Crippen MR) is 179 cm³/mol. The molecule has 7 aromatic carbocycles. The van der Waals surface area contributed by atoms with Crippen LogP contribution in [0, 0.1) is 0 Å². The lowest BCUT2D eigenvalue weighted by Gasteiger charge is -2.13. The summed E-state index contributed by atoms with van der Waals surface area (Å²) < 4.78 is 2.36. The van der Waals surface area contributed by atoms with Crippen molar-refractivity contribution >= 4 is 44.0 Å². The molecular weight excluding hydrogens is 508 g/mol. The zero-order valence-corrected chi connectivity index (χ0v) is 23.0. The van der Waals surface area contributed by atoms with Crippen LogP contribution in [-0.4, -0.2) is 4.57 Å². The Bertz CT molecular complexity index is 2190. The van der Waals surface area contributed by atoms with Gasteiger partial charge in [0, 0.05) is 27.8 Å². The molecule has 2 nitrogen and oxygen atoms in total. The van der Waals surface area contributed by atoms with Crippen molar-refractivity contribution in [3.8, 4) is 27.9 Å². The number of nitrogens with one attached hydrogen (secondary N) is 1. The summed E-state index contributed by atoms with van der Waals surface area (Å²) in [5.74, 6) is 0. The topological polar surface area (TPSA) is 17.0 Å². The molecule has 0 fully saturated rings. The van der Waals surface area contributed by atoms with Gasteiger partial charge in [-0.2, -0.15) is 0 Å². The van der Waals surface area contributed by atoms with Crippen molar-refractivity contribution in [2.45, 2.75) is 0 Å². The minimum absolute atomic E-state index is 1.08. The van der Waals surface area contributed by atoms with Crippen LogP contribution in [0.5, 0.6) is 0 Å². The van der Waals surface area contributed by atoms with Crippen LogP contribution in [0.4, 0.5) is 11.4 Å². The molecule has 8 aromatic rings. The van der Waals surface area contributed by atoms with Crippen LogP contribution in [0.3, 0.4) is 0 Å². The maximum atomic E-state index is 3.59. The van der Waals surface area contributed by atoms with Crippen LogP contribution in [0.15, 0.2) is 164 Å². The molecule has 1 N–H and O–H groups in total. The van der Waals surface area contributed by atoms with E-state index in [0.717, 1.165) is 11.4 Å². The number of benzene rings is 7. The van der Waals surface area contributed by atoms with Crippen molar-refractivity contribution in [1.82, 2.24) is 4.57 Å². The normalized spacial score (nSPS) is 11.3. The Morgan fingerprint density at radius 2 is 1.00 bits per heavy atom. The predicted octanol–water partition coefficient (Wildman–Crippen LogP) is 11.0. The van der Waals surface area contributed by atoms with Crippen molar-refractivity contribution in [2.24, 2.45) is 0 Å². The molecule has 2 heteroatoms. The van der Waals surface area contributed by atoms with Gasteiger partial charge in [-0.1, -0.05) is 109 Å². The molecule has 0 bridgehead atoms. The molecule has 0 unspecified atom stereocenters. The fourth-order valence-corrected chi connectivity index (χ4v) is 6.16. The largest absolute Gasteiger partial charge is 0.355 e. The van der Waals surface area contributed by atoms with Crippen molar-refractivity contribution in [3.63, 3.8) is 0 Å². The third-order valence-electron chi connectivity index (χ3n) is 8.14. The smallest absolute Gasteiger partial charge is 0.0541 e. The highest BCUT2D eigenvalue weighted by molar-refractivity contribution is 6.10. The molecule has 0 radical (unpaired) electrons. The highest BCUT2D eigenvalue weighted by Crippen LogP contribution is 2.37. The third-order valence-corrected chi connectivity index (χ3v) is 8.14. The summed E-state index contributed by atoms with van der Waals surface area (Å²) in [5, 5.41) is 8.59. The van der Waals surface area contributed by atoms with Gasteiger partial charge in [-0.25, -0.2) is 0 Å². The fourth-order valence-electron chi connectivity index (χ4n) is 6.16. The Morgan fingerprint density at radius 1 is 0.381 bits per heavy atom. The highest BCUT2D eigenvalue weighted by Gasteiger charge is 2.13. The van der Waals surface area contributed by atoms with Crippen LogP contribution in [0.2, 0.25) is 0 Å². The fraction of sp³-hybridized carbons (Fsp3) is 0. The standard InChI is InChI=1S/C40H28N2/c1-3-12-32(13-4-1)41-33-25-31-11-7-8-16-35(31)37(27-33)29-21-19-28(20-22-29)30-23-24-40-38(26-30)36-17-9-10-18-39(36)42(40)34-14-5-2-6-15-34/h1-27,41H. The van der Waals surface area contributed by atoms with E-state index in [4.69, 9.17) is 0 Å². The Balaban J connectivity index is 1.20. The zero-order chi connectivity index (χ0) is 27.9. The van der Waals surface area contributed by atoms with Crippen LogP contribution in [0.1, 0.15) is 0 Å². The number of rotatable bonds is 5. The second-order valence-corrected chi connectivity index (χ2v) is 10.7. The van der Waals surface area contributed by atoms with Crippen LogP contribution >= 0.6 is 0 Å². The molecule has 1 aromatic heterocycles. The second kappa shape index (κ2) is 10.1. The molecule has 198 valence electrons. The molecule has 0 aliphatic heterocycles. The first-order valence-corrected chi connectivity index (χ1v) is 14.4. The van der Waals surface area contributed by atoms with Crippen LogP contribution < -0.4 is 5.32 Å². The van der Waals surface area contributed by atoms with Gasteiger partial charge in [-0.05, 0) is 87.6 Å². The minimum atomic E-state index is 1.08. The van der Waals surface area contributed by atoms with Crippen molar-refractivity contribution in [1.29, 1.82) is 0 Å². The Hall–Kier alpha value is -5.60. The summed E-state index contributed by atoms with van der Waals surface area (Å²) in [4.78, 5) is 0. The number of fused-ring (bicyclic) bond motifs is 4. The Morgan fingerprint density at radius 3 is 1.81 bits per heavy atom. The van der Waals surface area contributed by atoms with Gasteiger partial charge in [0.2, 0.25) is 0 Å². The van der Waals surface area contributed by atoms with Crippen molar-refractivity contribution < 1.29 is 0 Å². The monoisotopic (exact) mass is 536 g/mol. The van der Waals surface area contributed by atoms with E-state index in [9.17, 15) is 0 Å². The molecule has 0 aliphatic carbocycles. The molecule has 0 saturated heterocycles. The number of hydrogen-bond donors (Lipinski definition) is 1. The SMILES string of the molecule is c1ccc(Nc2cc(-c3ccc(-c4ccc5c(c4)c4ccccc4n5-c4ccccc4)cc3)c3ccccc3c2)cc1. The van der Waals surface area contributed by atoms with E-state index in [0.29, 0.717) is 0 Å². The van der Waals surface area contributed by atoms with Gasteiger partial charge < -0.3 is 9.88 Å². The summed E-state index contributed by atoms with van der Waals surface area (Å²) in [6.45, 7) is 0. The van der Waals surface area contributed by atoms with Gasteiger partial charge in [-0.15, -0.1) is 0 Å². The number of anilines is 2. The molecular formula is C40H28N2. The first-order valence-electron chi connectivity index (χ1n) is 14.4. The second-order valence-electron chi connectivity index (χ2n) is 10.7. The van der Waals surface area contributed by atoms with Gasteiger partial charge in [-0.3, -0.25) is 0 Å². The molecule has 42 heavy (non-hydrogen) atoms. The van der Waals surface area contributed by atoms with Gasteiger partial charge in [0.1, 0.15) is 0 Å². The van der Waals surface area contributed by atoms with E-state index in [1.807, 2.05) is 6.07 Å². The maximum Gasteiger partial charge on any atom is 0.0541 e. The lowest BCUT2D eigenvalue weighted by atomic mass is 9.95. The molecule has 0 atom stereocenters. The first kappa shape index (κ1) is 24.2. The average molecular weight is 537 g/mol. The van der Waals surface area contributed by atoms with Gasteiger partial charge in [0.15, 0.2) is 0 Å². The quantitative estimate of drug-likeness (QED) is 0.231. The Kier molecular flexibility index (Phi) is 5.82. The van der Waals surface area contributed by atoms with E-state index < -0.39 is 0 Å². The van der Waals surface area contributed by atoms with Crippen LogP contribution in [-0.2, 0) is 0 Å². The zero-order valence-electron chi connectivity index (χ0n) is 23.0. The Labute approximate surface area is 245 Å². The molecule has 0 spiro atoms. The molecule has 0 aliphatic rings. The lowest BCUT2D eigenvalue weighted by Crippen LogP contribution is -1.92. The molecule has 1 heterocycles. The lowest BCUT2D eigenvalue weighted by molar-refractivity contribution is 1.18. The number of hydrogen-bond acceptors (Lipinski definition) is 1. The van der Waals surface area contributed by atoms with E-state index >= 15 is 0 Å². The summed E-state index contributed by atoms with van der Waals surface area (Å²) in [6, 6.07) is 58.6. The number of para-hydroxylation sites is 3. The van der Waals surface area contributed by atoms with Gasteiger partial charge in [0.25, 0.3) is 0 Å². The average Bonchev–Trinajstić information content (AvgIpc) is 3.39. The first-order chi connectivity index (χ1) is 20.8. The molecule has 8 rings (SSSR count).